The molecule has 0 nitrogen and oxygen atoms in total. The molecule has 0 heterocycles. The monoisotopic (exact) mass is 209 g/mol. The lowest BCUT2D eigenvalue weighted by atomic mass is 9.90. The highest BCUT2D eigenvalue weighted by atomic mass is 14.2. The molecule has 0 atom stereocenters. The van der Waals surface area contributed by atoms with Gasteiger partial charge in [0.25, 0.3) is 0 Å². The van der Waals surface area contributed by atoms with Crippen molar-refractivity contribution in [1.29, 1.82) is 0 Å². The molecule has 0 aromatic heterocycles. The van der Waals surface area contributed by atoms with E-state index in [1.807, 2.05) is 0 Å². The minimum atomic E-state index is 0.761. The molecule has 0 heteroatoms. The summed E-state index contributed by atoms with van der Waals surface area (Å²) in [4.78, 5) is 0. The van der Waals surface area contributed by atoms with Crippen LogP contribution in [0.1, 0.15) is 42.7 Å². The Labute approximate surface area is 97.3 Å². The van der Waals surface area contributed by atoms with Crippen LogP contribution in [-0.4, -0.2) is 0 Å². The molecule has 0 unspecified atom stereocenters. The van der Waals surface area contributed by atoms with Crippen molar-refractivity contribution in [3.05, 3.63) is 54.4 Å². The van der Waals surface area contributed by atoms with E-state index in [1.54, 1.807) is 0 Å². The summed E-state index contributed by atoms with van der Waals surface area (Å²) in [5.41, 5.74) is 2.74. The molecule has 81 valence electrons. The van der Waals surface area contributed by atoms with E-state index in [0.717, 1.165) is 5.92 Å². The van der Waals surface area contributed by atoms with E-state index in [2.05, 4.69) is 43.3 Å². The number of fused-ring (bicyclic) bond motifs is 1. The Kier molecular flexibility index (Phi) is 2.43. The van der Waals surface area contributed by atoms with Crippen molar-refractivity contribution in [1.82, 2.24) is 0 Å². The lowest BCUT2D eigenvalue weighted by Gasteiger charge is -2.14. The Morgan fingerprint density at radius 2 is 1.69 bits per heavy atom. The Hall–Kier alpha value is -1.30. The van der Waals surface area contributed by atoms with Crippen molar-refractivity contribution in [3.63, 3.8) is 0 Å². The molecule has 1 aliphatic carbocycles. The first-order valence-corrected chi connectivity index (χ1v) is 6.20. The average Bonchev–Trinajstić information content (AvgIpc) is 2.83. The maximum atomic E-state index is 4.29. The van der Waals surface area contributed by atoms with Gasteiger partial charge in [0.2, 0.25) is 0 Å². The van der Waals surface area contributed by atoms with Crippen LogP contribution in [0.3, 0.4) is 0 Å². The molecule has 0 bridgehead atoms. The Morgan fingerprint density at radius 1 is 0.938 bits per heavy atom. The second-order valence-corrected chi connectivity index (χ2v) is 4.84. The molecule has 16 heavy (non-hydrogen) atoms. The molecule has 2 aromatic carbocycles. The van der Waals surface area contributed by atoms with E-state index in [1.165, 1.54) is 47.6 Å². The van der Waals surface area contributed by atoms with E-state index in [0.29, 0.717) is 0 Å². The summed E-state index contributed by atoms with van der Waals surface area (Å²) in [5, 5.41) is 2.64. The predicted octanol–water partition coefficient (Wildman–Crippen LogP) is 4.68. The molecular formula is C16H17. The molecule has 2 aromatic rings. The van der Waals surface area contributed by atoms with Crippen LogP contribution in [0, 0.1) is 6.92 Å². The number of benzene rings is 2. The van der Waals surface area contributed by atoms with Gasteiger partial charge < -0.3 is 0 Å². The first-order chi connectivity index (χ1) is 7.86. The van der Waals surface area contributed by atoms with Gasteiger partial charge in [-0.1, -0.05) is 49.2 Å². The topological polar surface area (TPSA) is 0 Å². The molecule has 1 aliphatic rings. The zero-order chi connectivity index (χ0) is 11.0. The van der Waals surface area contributed by atoms with Crippen LogP contribution in [0.2, 0.25) is 0 Å². The Bertz CT molecular complexity index is 504. The van der Waals surface area contributed by atoms with Gasteiger partial charge in [0.05, 0.1) is 0 Å². The third-order valence-electron chi connectivity index (χ3n) is 3.87. The van der Waals surface area contributed by atoms with E-state index in [-0.39, 0.29) is 0 Å². The van der Waals surface area contributed by atoms with E-state index in [9.17, 15) is 0 Å². The number of rotatable bonds is 1. The predicted molar refractivity (Wildman–Crippen MR) is 69.6 cm³/mol. The summed E-state index contributed by atoms with van der Waals surface area (Å²) >= 11 is 0. The van der Waals surface area contributed by atoms with Gasteiger partial charge in [0.15, 0.2) is 0 Å². The fraction of sp³-hybridized carbons (Fsp3) is 0.312. The van der Waals surface area contributed by atoms with Crippen LogP contribution >= 0.6 is 0 Å². The summed E-state index contributed by atoms with van der Waals surface area (Å²) in [7, 11) is 0. The molecule has 1 fully saturated rings. The SMILES string of the molecule is [CH2]c1c(C2CCCC2)ccc2ccccc12. The van der Waals surface area contributed by atoms with Gasteiger partial charge in [-0.3, -0.25) is 0 Å². The van der Waals surface area contributed by atoms with Gasteiger partial charge in [0.1, 0.15) is 0 Å². The molecule has 0 saturated heterocycles. The van der Waals surface area contributed by atoms with Crippen molar-refractivity contribution in [2.75, 3.05) is 0 Å². The first kappa shape index (κ1) is 9.89. The van der Waals surface area contributed by atoms with Gasteiger partial charge in [-0.15, -0.1) is 0 Å². The van der Waals surface area contributed by atoms with Crippen LogP contribution in [0.5, 0.6) is 0 Å². The van der Waals surface area contributed by atoms with Crippen molar-refractivity contribution in [2.24, 2.45) is 0 Å². The van der Waals surface area contributed by atoms with Gasteiger partial charge in [0, 0.05) is 0 Å². The van der Waals surface area contributed by atoms with Gasteiger partial charge in [-0.05, 0) is 47.6 Å². The maximum Gasteiger partial charge on any atom is -0.0149 e. The fourth-order valence-corrected chi connectivity index (χ4v) is 2.97. The second kappa shape index (κ2) is 3.93. The van der Waals surface area contributed by atoms with Crippen molar-refractivity contribution in [2.45, 2.75) is 31.6 Å². The molecule has 1 radical (unpaired) electrons. The van der Waals surface area contributed by atoms with Gasteiger partial charge >= 0.3 is 0 Å². The van der Waals surface area contributed by atoms with Crippen LogP contribution in [0.25, 0.3) is 10.8 Å². The van der Waals surface area contributed by atoms with Crippen LogP contribution in [-0.2, 0) is 0 Å². The lowest BCUT2D eigenvalue weighted by Crippen LogP contribution is -1.96. The van der Waals surface area contributed by atoms with Crippen molar-refractivity contribution < 1.29 is 0 Å². The zero-order valence-corrected chi connectivity index (χ0v) is 9.58. The standard InChI is InChI=1S/C16H17/c1-12-15-9-5-4-8-14(15)10-11-16(12)13-6-2-3-7-13/h4-5,8-11,13H,1-3,6-7H2. The summed E-state index contributed by atoms with van der Waals surface area (Å²) in [6, 6.07) is 13.1. The minimum absolute atomic E-state index is 0.761. The molecule has 3 rings (SSSR count). The normalized spacial score (nSPS) is 17.1. The van der Waals surface area contributed by atoms with E-state index in [4.69, 9.17) is 0 Å². The van der Waals surface area contributed by atoms with Crippen LogP contribution in [0.15, 0.2) is 36.4 Å². The Morgan fingerprint density at radius 3 is 2.50 bits per heavy atom. The highest BCUT2D eigenvalue weighted by Crippen LogP contribution is 2.37. The zero-order valence-electron chi connectivity index (χ0n) is 9.58. The largest absolute Gasteiger partial charge is 0.0616 e. The van der Waals surface area contributed by atoms with Gasteiger partial charge in [-0.2, -0.15) is 0 Å². The molecule has 0 spiro atoms. The molecule has 0 aliphatic heterocycles. The summed E-state index contributed by atoms with van der Waals surface area (Å²) in [6.45, 7) is 4.29. The lowest BCUT2D eigenvalue weighted by molar-refractivity contribution is 0.722. The third-order valence-corrected chi connectivity index (χ3v) is 3.87. The first-order valence-electron chi connectivity index (χ1n) is 6.20. The molecular weight excluding hydrogens is 192 g/mol. The highest BCUT2D eigenvalue weighted by Gasteiger charge is 2.19. The van der Waals surface area contributed by atoms with Gasteiger partial charge in [-0.25, -0.2) is 0 Å². The van der Waals surface area contributed by atoms with Crippen molar-refractivity contribution in [3.8, 4) is 0 Å². The van der Waals surface area contributed by atoms with E-state index >= 15 is 0 Å². The van der Waals surface area contributed by atoms with Crippen molar-refractivity contribution >= 4 is 10.8 Å². The van der Waals surface area contributed by atoms with E-state index < -0.39 is 0 Å². The second-order valence-electron chi connectivity index (χ2n) is 4.84. The maximum absolute atomic E-state index is 4.29. The smallest absolute Gasteiger partial charge is 0.0149 e. The highest BCUT2D eigenvalue weighted by molar-refractivity contribution is 5.87. The average molecular weight is 209 g/mol. The molecule has 0 amide bonds. The quantitative estimate of drug-likeness (QED) is 0.639. The number of hydrogen-bond donors (Lipinski definition) is 0. The van der Waals surface area contributed by atoms with Crippen LogP contribution < -0.4 is 0 Å². The summed E-state index contributed by atoms with van der Waals surface area (Å²) in [6.07, 6.45) is 5.47. The molecule has 0 N–H and O–H groups in total. The Balaban J connectivity index is 2.15. The summed E-state index contributed by atoms with van der Waals surface area (Å²) < 4.78 is 0. The van der Waals surface area contributed by atoms with Crippen LogP contribution in [0.4, 0.5) is 0 Å². The fourth-order valence-electron chi connectivity index (χ4n) is 2.97. The number of hydrogen-bond acceptors (Lipinski definition) is 0. The summed E-state index contributed by atoms with van der Waals surface area (Å²) in [5.74, 6) is 0.761. The third kappa shape index (κ3) is 1.53. The molecule has 1 saturated carbocycles. The minimum Gasteiger partial charge on any atom is -0.0616 e.